The van der Waals surface area contributed by atoms with E-state index in [0.717, 1.165) is 12.1 Å². The molecule has 1 N–H and O–H groups in total. The Labute approximate surface area is 173 Å². The third-order valence-corrected chi connectivity index (χ3v) is 5.34. The number of nitrogens with one attached hydrogen (secondary N) is 1. The van der Waals surface area contributed by atoms with Gasteiger partial charge in [-0.15, -0.1) is 15.3 Å². The second-order valence-electron chi connectivity index (χ2n) is 7.40. The maximum absolute atomic E-state index is 13.2. The van der Waals surface area contributed by atoms with E-state index in [-0.39, 0.29) is 12.3 Å². The summed E-state index contributed by atoms with van der Waals surface area (Å²) in [6, 6.07) is 8.48. The lowest BCUT2D eigenvalue weighted by atomic mass is 9.85. The molecule has 4 heterocycles. The van der Waals surface area contributed by atoms with E-state index >= 15 is 0 Å². The molecule has 3 aromatic heterocycles. The fraction of sp³-hybridized carbons (Fsp3) is 0.250. The summed E-state index contributed by atoms with van der Waals surface area (Å²) in [5.41, 5.74) is 1.48. The van der Waals surface area contributed by atoms with E-state index in [9.17, 15) is 18.0 Å². The molecular weight excluding hydrogens is 411 g/mol. The van der Waals surface area contributed by atoms with Gasteiger partial charge in [-0.2, -0.15) is 27.5 Å². The zero-order valence-electron chi connectivity index (χ0n) is 16.5. The Bertz CT molecular complexity index is 1340. The van der Waals surface area contributed by atoms with E-state index in [0.29, 0.717) is 39.9 Å². The number of amides is 1. The van der Waals surface area contributed by atoms with Crippen LogP contribution in [0.3, 0.4) is 0 Å². The Morgan fingerprint density at radius 3 is 2.68 bits per heavy atom. The lowest BCUT2D eigenvalue weighted by Crippen LogP contribution is -2.25. The number of fused-ring (bicyclic) bond motifs is 2. The monoisotopic (exact) mass is 427 g/mol. The molecule has 0 radical (unpaired) electrons. The zero-order chi connectivity index (χ0) is 21.9. The first kappa shape index (κ1) is 19.2. The van der Waals surface area contributed by atoms with E-state index in [1.54, 1.807) is 36.6 Å². The highest BCUT2D eigenvalue weighted by atomic mass is 19.4. The summed E-state index contributed by atoms with van der Waals surface area (Å²) in [5.74, 6) is 0.539. The smallest absolute Gasteiger partial charge is 0.310 e. The number of anilines is 1. The molecule has 1 aromatic carbocycles. The van der Waals surface area contributed by atoms with Crippen molar-refractivity contribution >= 4 is 17.4 Å². The van der Waals surface area contributed by atoms with Crippen molar-refractivity contribution in [3.05, 3.63) is 64.6 Å². The minimum absolute atomic E-state index is 0.0257. The predicted molar refractivity (Wildman–Crippen MR) is 104 cm³/mol. The normalized spacial score (nSPS) is 16.4. The van der Waals surface area contributed by atoms with Gasteiger partial charge in [0, 0.05) is 17.9 Å². The molecule has 31 heavy (non-hydrogen) atoms. The van der Waals surface area contributed by atoms with Crippen LogP contribution in [0, 0.1) is 13.8 Å². The summed E-state index contributed by atoms with van der Waals surface area (Å²) >= 11 is 0. The van der Waals surface area contributed by atoms with Crippen LogP contribution in [0.4, 0.5) is 19.0 Å². The van der Waals surface area contributed by atoms with Crippen molar-refractivity contribution in [1.82, 2.24) is 29.6 Å². The molecule has 0 saturated heterocycles. The Kier molecular flexibility index (Phi) is 4.11. The van der Waals surface area contributed by atoms with Gasteiger partial charge in [-0.05, 0) is 37.6 Å². The molecule has 0 spiro atoms. The number of aromatic nitrogens is 6. The Hall–Kier alpha value is -3.76. The molecule has 5 rings (SSSR count). The summed E-state index contributed by atoms with van der Waals surface area (Å²) in [6.45, 7) is 3.52. The van der Waals surface area contributed by atoms with Gasteiger partial charge < -0.3 is 5.32 Å². The van der Waals surface area contributed by atoms with Gasteiger partial charge >= 0.3 is 6.18 Å². The first-order chi connectivity index (χ1) is 14.7. The largest absolute Gasteiger partial charge is 0.416 e. The number of hydrogen-bond donors (Lipinski definition) is 1. The molecule has 1 atom stereocenters. The first-order valence-electron chi connectivity index (χ1n) is 9.48. The number of benzene rings is 1. The molecular formula is C20H16F3N7O. The van der Waals surface area contributed by atoms with Crippen molar-refractivity contribution in [1.29, 1.82) is 0 Å². The highest BCUT2D eigenvalue weighted by Crippen LogP contribution is 2.41. The van der Waals surface area contributed by atoms with E-state index in [2.05, 4.69) is 25.7 Å². The molecule has 0 bridgehead atoms. The van der Waals surface area contributed by atoms with E-state index in [4.69, 9.17) is 0 Å². The van der Waals surface area contributed by atoms with Gasteiger partial charge in [-0.25, -0.2) is 0 Å². The Morgan fingerprint density at radius 2 is 1.90 bits per heavy atom. The average Bonchev–Trinajstić information content (AvgIpc) is 3.26. The van der Waals surface area contributed by atoms with Crippen LogP contribution >= 0.6 is 0 Å². The molecule has 0 fully saturated rings. The number of rotatable bonds is 2. The van der Waals surface area contributed by atoms with Crippen molar-refractivity contribution < 1.29 is 18.0 Å². The standard InChI is InChI=1S/C20H16F3N7O/c1-10-18-14(12-4-3-5-13(8-12)20(21,22)23)9-17(31)24-19(18)30(27-10)16-7-6-15-26-25-11(2)29(15)28-16/h3-8,14H,9H2,1-2H3,(H,24,31)/t14-/m0/s1. The van der Waals surface area contributed by atoms with E-state index in [1.165, 1.54) is 10.7 Å². The SMILES string of the molecule is Cc1nn(-c2ccc3nnc(C)n3n2)c2c1[C@H](c1cccc(C(F)(F)F)c1)CC(=O)N2. The number of hydrogen-bond acceptors (Lipinski definition) is 5. The van der Waals surface area contributed by atoms with Gasteiger partial charge in [0.25, 0.3) is 0 Å². The molecule has 0 unspecified atom stereocenters. The number of carbonyl (C=O) groups excluding carboxylic acids is 1. The summed E-state index contributed by atoms with van der Waals surface area (Å²) in [5, 5.41) is 19.8. The van der Waals surface area contributed by atoms with Crippen LogP contribution in [0.1, 0.15) is 40.5 Å². The van der Waals surface area contributed by atoms with E-state index in [1.807, 2.05) is 0 Å². The highest BCUT2D eigenvalue weighted by Gasteiger charge is 2.35. The number of alkyl halides is 3. The second-order valence-corrected chi connectivity index (χ2v) is 7.40. The minimum Gasteiger partial charge on any atom is -0.310 e. The van der Waals surface area contributed by atoms with Crippen molar-refractivity contribution in [2.24, 2.45) is 0 Å². The van der Waals surface area contributed by atoms with Crippen LogP contribution < -0.4 is 5.32 Å². The summed E-state index contributed by atoms with van der Waals surface area (Å²) < 4.78 is 42.7. The van der Waals surface area contributed by atoms with Crippen molar-refractivity contribution in [3.63, 3.8) is 0 Å². The van der Waals surface area contributed by atoms with Gasteiger partial charge in [-0.1, -0.05) is 18.2 Å². The molecule has 1 aliphatic rings. The fourth-order valence-corrected chi connectivity index (χ4v) is 3.93. The molecule has 1 aliphatic heterocycles. The van der Waals surface area contributed by atoms with Gasteiger partial charge in [0.15, 0.2) is 17.3 Å². The molecule has 0 aliphatic carbocycles. The molecule has 0 saturated carbocycles. The number of carbonyl (C=O) groups is 1. The van der Waals surface area contributed by atoms with Gasteiger partial charge in [0.2, 0.25) is 5.91 Å². The van der Waals surface area contributed by atoms with Crippen LogP contribution in [-0.4, -0.2) is 35.5 Å². The quantitative estimate of drug-likeness (QED) is 0.530. The van der Waals surface area contributed by atoms with Crippen molar-refractivity contribution in [2.75, 3.05) is 5.32 Å². The number of halogens is 3. The van der Waals surface area contributed by atoms with Gasteiger partial charge in [-0.3, -0.25) is 4.79 Å². The Balaban J connectivity index is 1.65. The number of nitrogens with zero attached hydrogens (tertiary/aromatic N) is 6. The fourth-order valence-electron chi connectivity index (χ4n) is 3.93. The molecule has 11 heteroatoms. The highest BCUT2D eigenvalue weighted by molar-refractivity contribution is 5.95. The average molecular weight is 427 g/mol. The van der Waals surface area contributed by atoms with Crippen molar-refractivity contribution in [2.45, 2.75) is 32.4 Å². The number of aryl methyl sites for hydroxylation is 2. The molecule has 8 nitrogen and oxygen atoms in total. The van der Waals surface area contributed by atoms with Crippen LogP contribution in [0.5, 0.6) is 0 Å². The predicted octanol–water partition coefficient (Wildman–Crippen LogP) is 3.42. The molecule has 1 amide bonds. The van der Waals surface area contributed by atoms with Crippen LogP contribution in [0.15, 0.2) is 36.4 Å². The summed E-state index contributed by atoms with van der Waals surface area (Å²) in [4.78, 5) is 12.5. The first-order valence-corrected chi connectivity index (χ1v) is 9.48. The van der Waals surface area contributed by atoms with Gasteiger partial charge in [0.05, 0.1) is 11.3 Å². The van der Waals surface area contributed by atoms with Crippen LogP contribution in [-0.2, 0) is 11.0 Å². The lowest BCUT2D eigenvalue weighted by molar-refractivity contribution is -0.137. The summed E-state index contributed by atoms with van der Waals surface area (Å²) in [6.07, 6.45) is -4.44. The zero-order valence-corrected chi connectivity index (χ0v) is 16.5. The van der Waals surface area contributed by atoms with Crippen LogP contribution in [0.2, 0.25) is 0 Å². The van der Waals surface area contributed by atoms with E-state index < -0.39 is 17.7 Å². The second kappa shape index (κ2) is 6.62. The topological polar surface area (TPSA) is 90.0 Å². The third kappa shape index (κ3) is 3.13. The molecule has 158 valence electrons. The summed E-state index contributed by atoms with van der Waals surface area (Å²) in [7, 11) is 0. The third-order valence-electron chi connectivity index (χ3n) is 5.34. The minimum atomic E-state index is -4.47. The Morgan fingerprint density at radius 1 is 1.10 bits per heavy atom. The van der Waals surface area contributed by atoms with Crippen LogP contribution in [0.25, 0.3) is 11.5 Å². The lowest BCUT2D eigenvalue weighted by Gasteiger charge is -2.24. The maximum atomic E-state index is 13.2. The maximum Gasteiger partial charge on any atom is 0.416 e. The van der Waals surface area contributed by atoms with Gasteiger partial charge in [0.1, 0.15) is 5.82 Å². The van der Waals surface area contributed by atoms with Crippen molar-refractivity contribution in [3.8, 4) is 5.82 Å². The molecule has 4 aromatic rings.